The second kappa shape index (κ2) is 10.7. The zero-order valence-electron chi connectivity index (χ0n) is 16.9. The third kappa shape index (κ3) is 5.60. The summed E-state index contributed by atoms with van der Waals surface area (Å²) in [6.07, 6.45) is 3.25. The minimum atomic E-state index is -0.453. The molecule has 2 aromatic carbocycles. The molecule has 1 amide bonds. The fourth-order valence-electron chi connectivity index (χ4n) is 2.92. The van der Waals surface area contributed by atoms with E-state index in [1.165, 1.54) is 6.07 Å². The quantitative estimate of drug-likeness (QED) is 0.177. The molecule has 0 saturated heterocycles. The number of carbonyl (C=O) groups excluding carboxylic acids is 1. The Labute approximate surface area is 224 Å². The van der Waals surface area contributed by atoms with Crippen molar-refractivity contribution in [1.82, 2.24) is 9.78 Å². The van der Waals surface area contributed by atoms with Crippen LogP contribution in [0.25, 0.3) is 0 Å². The number of nitrogens with one attached hydrogen (secondary N) is 1. The van der Waals surface area contributed by atoms with Gasteiger partial charge in [0.15, 0.2) is 11.5 Å². The van der Waals surface area contributed by atoms with Gasteiger partial charge in [-0.05, 0) is 29.8 Å². The number of ether oxygens (including phenoxy) is 1. The smallest absolute Gasteiger partial charge is 0.291 e. The fourth-order valence-corrected chi connectivity index (χ4v) is 4.27. The van der Waals surface area contributed by atoms with Crippen LogP contribution in [0.2, 0.25) is 30.1 Å². The van der Waals surface area contributed by atoms with E-state index in [1.54, 1.807) is 35.3 Å². The van der Waals surface area contributed by atoms with Crippen molar-refractivity contribution in [3.8, 4) is 5.75 Å². The average Bonchev–Trinajstić information content (AvgIpc) is 3.47. The second-order valence-corrected chi connectivity index (χ2v) is 9.29. The van der Waals surface area contributed by atoms with Crippen molar-refractivity contribution < 1.29 is 13.9 Å². The van der Waals surface area contributed by atoms with Gasteiger partial charge in [-0.1, -0.05) is 81.7 Å². The molecular weight excluding hydrogens is 567 g/mol. The molecule has 176 valence electrons. The predicted molar refractivity (Wildman–Crippen MR) is 135 cm³/mol. The SMILES string of the molecule is O=C(Nc1cnn(Cc2ccc(Cl)cc2)c1)c1ccc(COc2c(Cl)c(Cl)c(Cl)c(Cl)c2Cl)o1. The van der Waals surface area contributed by atoms with Crippen LogP contribution in [0.4, 0.5) is 5.69 Å². The molecule has 0 atom stereocenters. The molecule has 0 bridgehead atoms. The van der Waals surface area contributed by atoms with Crippen molar-refractivity contribution in [3.05, 3.63) is 96.0 Å². The first kappa shape index (κ1) is 25.0. The summed E-state index contributed by atoms with van der Waals surface area (Å²) in [6, 6.07) is 10.5. The third-order valence-corrected chi connectivity index (χ3v) is 7.06. The molecule has 0 fully saturated rings. The molecule has 12 heteroatoms. The van der Waals surface area contributed by atoms with E-state index < -0.39 is 5.91 Å². The lowest BCUT2D eigenvalue weighted by molar-refractivity contribution is 0.0992. The zero-order chi connectivity index (χ0) is 24.4. The standard InChI is InChI=1S/C22H13Cl6N3O3/c23-12-3-1-11(2-4-12)8-31-9-13(7-29-31)30-22(32)15-6-5-14(34-15)10-33-21-19(27)17(25)16(24)18(26)20(21)28/h1-7,9H,8,10H2,(H,30,32). The lowest BCUT2D eigenvalue weighted by Crippen LogP contribution is -2.10. The molecule has 0 saturated carbocycles. The predicted octanol–water partition coefficient (Wildman–Crippen LogP) is 8.28. The molecule has 4 rings (SSSR count). The van der Waals surface area contributed by atoms with Gasteiger partial charge in [0.1, 0.15) is 22.4 Å². The average molecular weight is 580 g/mol. The number of furan rings is 1. The van der Waals surface area contributed by atoms with Gasteiger partial charge in [-0.15, -0.1) is 0 Å². The number of carbonyl (C=O) groups is 1. The largest absolute Gasteiger partial charge is 0.482 e. The van der Waals surface area contributed by atoms with Gasteiger partial charge in [0, 0.05) is 11.2 Å². The van der Waals surface area contributed by atoms with E-state index in [4.69, 9.17) is 78.8 Å². The number of hydrogen-bond acceptors (Lipinski definition) is 4. The van der Waals surface area contributed by atoms with Gasteiger partial charge in [0.25, 0.3) is 5.91 Å². The van der Waals surface area contributed by atoms with Gasteiger partial charge in [0.2, 0.25) is 0 Å². The molecule has 0 aliphatic heterocycles. The first-order valence-corrected chi connectivity index (χ1v) is 11.8. The van der Waals surface area contributed by atoms with E-state index in [2.05, 4.69) is 10.4 Å². The summed E-state index contributed by atoms with van der Waals surface area (Å²) in [6.45, 7) is 0.444. The van der Waals surface area contributed by atoms with Crippen LogP contribution >= 0.6 is 69.6 Å². The van der Waals surface area contributed by atoms with Crippen molar-refractivity contribution in [2.45, 2.75) is 13.2 Å². The van der Waals surface area contributed by atoms with Crippen molar-refractivity contribution in [2.24, 2.45) is 0 Å². The minimum Gasteiger partial charge on any atom is -0.482 e. The summed E-state index contributed by atoms with van der Waals surface area (Å²) in [7, 11) is 0. The Kier molecular flexibility index (Phi) is 7.87. The number of rotatable bonds is 7. The molecule has 0 unspecified atom stereocenters. The van der Waals surface area contributed by atoms with Crippen molar-refractivity contribution in [2.75, 3.05) is 5.32 Å². The molecule has 1 N–H and O–H groups in total. The molecule has 4 aromatic rings. The molecule has 2 aromatic heterocycles. The Balaban J connectivity index is 1.38. The van der Waals surface area contributed by atoms with Gasteiger partial charge in [-0.25, -0.2) is 0 Å². The number of halogens is 6. The van der Waals surface area contributed by atoms with Crippen molar-refractivity contribution in [1.29, 1.82) is 0 Å². The van der Waals surface area contributed by atoms with E-state index in [1.807, 2.05) is 12.1 Å². The maximum atomic E-state index is 12.6. The van der Waals surface area contributed by atoms with E-state index >= 15 is 0 Å². The first-order valence-electron chi connectivity index (χ1n) is 9.54. The number of aromatic nitrogens is 2. The van der Waals surface area contributed by atoms with Crippen LogP contribution in [0.5, 0.6) is 5.75 Å². The molecule has 6 nitrogen and oxygen atoms in total. The Morgan fingerprint density at radius 3 is 2.24 bits per heavy atom. The summed E-state index contributed by atoms with van der Waals surface area (Å²) < 4.78 is 12.9. The second-order valence-electron chi connectivity index (χ2n) is 6.96. The first-order chi connectivity index (χ1) is 16.2. The molecule has 34 heavy (non-hydrogen) atoms. The lowest BCUT2D eigenvalue weighted by Gasteiger charge is -2.12. The summed E-state index contributed by atoms with van der Waals surface area (Å²) in [5.74, 6) is 0.0236. The summed E-state index contributed by atoms with van der Waals surface area (Å²) in [5.41, 5.74) is 1.53. The Morgan fingerprint density at radius 2 is 1.56 bits per heavy atom. The van der Waals surface area contributed by atoms with Crippen LogP contribution in [0.15, 0.2) is 53.2 Å². The van der Waals surface area contributed by atoms with Crippen molar-refractivity contribution >= 4 is 81.2 Å². The van der Waals surface area contributed by atoms with E-state index in [-0.39, 0.29) is 43.2 Å². The third-order valence-electron chi connectivity index (χ3n) is 4.56. The Hall–Kier alpha value is -2.06. The summed E-state index contributed by atoms with van der Waals surface area (Å²) >= 11 is 36.3. The summed E-state index contributed by atoms with van der Waals surface area (Å²) in [4.78, 5) is 12.6. The zero-order valence-corrected chi connectivity index (χ0v) is 21.5. The topological polar surface area (TPSA) is 69.3 Å². The molecule has 0 radical (unpaired) electrons. The van der Waals surface area contributed by atoms with Gasteiger partial charge < -0.3 is 14.5 Å². The molecule has 0 aliphatic carbocycles. The number of amides is 1. The number of hydrogen-bond donors (Lipinski definition) is 1. The van der Waals surface area contributed by atoms with Crippen LogP contribution in [0.1, 0.15) is 21.9 Å². The maximum Gasteiger partial charge on any atom is 0.291 e. The number of benzene rings is 2. The Morgan fingerprint density at radius 1 is 0.912 bits per heavy atom. The molecule has 0 aliphatic rings. The van der Waals surface area contributed by atoms with Crippen molar-refractivity contribution in [3.63, 3.8) is 0 Å². The minimum absolute atomic E-state index is 0.0150. The number of anilines is 1. The van der Waals surface area contributed by atoms with Crippen LogP contribution in [0.3, 0.4) is 0 Å². The monoisotopic (exact) mass is 577 g/mol. The van der Waals surface area contributed by atoms with E-state index in [9.17, 15) is 4.79 Å². The molecule has 2 heterocycles. The van der Waals surface area contributed by atoms with Gasteiger partial charge in [-0.3, -0.25) is 9.48 Å². The highest BCUT2D eigenvalue weighted by atomic mass is 35.5. The van der Waals surface area contributed by atoms with Gasteiger partial charge >= 0.3 is 0 Å². The summed E-state index contributed by atoms with van der Waals surface area (Å²) in [5, 5.41) is 7.73. The highest BCUT2D eigenvalue weighted by Crippen LogP contribution is 2.48. The molecular formula is C22H13Cl6N3O3. The Bertz CT molecular complexity index is 1320. The van der Waals surface area contributed by atoms with Crippen LogP contribution in [-0.2, 0) is 13.2 Å². The van der Waals surface area contributed by atoms with Crippen LogP contribution in [0, 0.1) is 0 Å². The van der Waals surface area contributed by atoms with Gasteiger partial charge in [0.05, 0.1) is 33.5 Å². The van der Waals surface area contributed by atoms with Gasteiger partial charge in [-0.2, -0.15) is 5.10 Å². The fraction of sp³-hybridized carbons (Fsp3) is 0.0909. The normalized spacial score (nSPS) is 11.0. The van der Waals surface area contributed by atoms with Crippen LogP contribution in [-0.4, -0.2) is 15.7 Å². The van der Waals surface area contributed by atoms with E-state index in [0.29, 0.717) is 23.0 Å². The highest BCUT2D eigenvalue weighted by molar-refractivity contribution is 6.55. The van der Waals surface area contributed by atoms with Crippen LogP contribution < -0.4 is 10.1 Å². The van der Waals surface area contributed by atoms with E-state index in [0.717, 1.165) is 5.56 Å². The maximum absolute atomic E-state index is 12.6. The lowest BCUT2D eigenvalue weighted by atomic mass is 10.2. The molecule has 0 spiro atoms. The highest BCUT2D eigenvalue weighted by Gasteiger charge is 2.21. The number of nitrogens with zero attached hydrogens (tertiary/aromatic N) is 2.